The SMILES string of the molecule is CCC(=O)c1ccc2c(c1)Sc1ccccc1O2. The van der Waals surface area contributed by atoms with Gasteiger partial charge in [0.25, 0.3) is 0 Å². The Morgan fingerprint density at radius 2 is 1.89 bits per heavy atom. The minimum absolute atomic E-state index is 0.164. The smallest absolute Gasteiger partial charge is 0.162 e. The van der Waals surface area contributed by atoms with E-state index in [1.54, 1.807) is 11.8 Å². The maximum atomic E-state index is 11.7. The first-order valence-corrected chi connectivity index (χ1v) is 6.71. The molecule has 0 radical (unpaired) electrons. The van der Waals surface area contributed by atoms with Gasteiger partial charge in [0, 0.05) is 12.0 Å². The average molecular weight is 256 g/mol. The summed E-state index contributed by atoms with van der Waals surface area (Å²) in [6.45, 7) is 1.88. The lowest BCUT2D eigenvalue weighted by Gasteiger charge is -2.19. The minimum Gasteiger partial charge on any atom is -0.455 e. The van der Waals surface area contributed by atoms with Crippen molar-refractivity contribution in [2.24, 2.45) is 0 Å². The molecular formula is C15H12O2S. The van der Waals surface area contributed by atoms with Crippen LogP contribution < -0.4 is 4.74 Å². The molecule has 0 spiro atoms. The Morgan fingerprint density at radius 1 is 1.11 bits per heavy atom. The molecule has 0 atom stereocenters. The van der Waals surface area contributed by atoms with Crippen molar-refractivity contribution in [3.63, 3.8) is 0 Å². The highest BCUT2D eigenvalue weighted by atomic mass is 32.2. The highest BCUT2D eigenvalue weighted by molar-refractivity contribution is 7.99. The van der Waals surface area contributed by atoms with Crippen LogP contribution >= 0.6 is 11.8 Å². The molecule has 2 aromatic rings. The van der Waals surface area contributed by atoms with Gasteiger partial charge in [0.15, 0.2) is 5.78 Å². The Kier molecular flexibility index (Phi) is 2.84. The molecule has 1 aliphatic heterocycles. The first-order valence-electron chi connectivity index (χ1n) is 5.90. The first kappa shape index (κ1) is 11.4. The summed E-state index contributed by atoms with van der Waals surface area (Å²) >= 11 is 1.65. The van der Waals surface area contributed by atoms with Gasteiger partial charge in [-0.3, -0.25) is 4.79 Å². The van der Waals surface area contributed by atoms with Crippen molar-refractivity contribution in [2.45, 2.75) is 23.1 Å². The molecule has 90 valence electrons. The van der Waals surface area contributed by atoms with Crippen LogP contribution in [0.5, 0.6) is 11.5 Å². The van der Waals surface area contributed by atoms with Crippen molar-refractivity contribution in [3.05, 3.63) is 48.0 Å². The summed E-state index contributed by atoms with van der Waals surface area (Å²) in [5.74, 6) is 1.87. The number of carbonyl (C=O) groups is 1. The predicted octanol–water partition coefficient (Wildman–Crippen LogP) is 4.54. The van der Waals surface area contributed by atoms with Gasteiger partial charge < -0.3 is 4.74 Å². The summed E-state index contributed by atoms with van der Waals surface area (Å²) in [4.78, 5) is 13.8. The molecule has 18 heavy (non-hydrogen) atoms. The van der Waals surface area contributed by atoms with E-state index in [2.05, 4.69) is 0 Å². The van der Waals surface area contributed by atoms with Crippen LogP contribution in [0.15, 0.2) is 52.3 Å². The molecule has 0 saturated carbocycles. The largest absolute Gasteiger partial charge is 0.455 e. The Morgan fingerprint density at radius 3 is 2.72 bits per heavy atom. The van der Waals surface area contributed by atoms with Crippen molar-refractivity contribution in [2.75, 3.05) is 0 Å². The van der Waals surface area contributed by atoms with E-state index < -0.39 is 0 Å². The predicted molar refractivity (Wildman–Crippen MR) is 71.7 cm³/mol. The van der Waals surface area contributed by atoms with Crippen LogP contribution in [0, 0.1) is 0 Å². The third-order valence-electron chi connectivity index (χ3n) is 2.88. The lowest BCUT2D eigenvalue weighted by atomic mass is 10.1. The maximum Gasteiger partial charge on any atom is 0.162 e. The van der Waals surface area contributed by atoms with E-state index in [1.807, 2.05) is 49.4 Å². The number of hydrogen-bond donors (Lipinski definition) is 0. The van der Waals surface area contributed by atoms with Crippen LogP contribution in [0.3, 0.4) is 0 Å². The first-order chi connectivity index (χ1) is 8.78. The number of ketones is 1. The second-order valence-electron chi connectivity index (χ2n) is 4.09. The van der Waals surface area contributed by atoms with Gasteiger partial charge in [-0.1, -0.05) is 30.8 Å². The fourth-order valence-electron chi connectivity index (χ4n) is 1.91. The summed E-state index contributed by atoms with van der Waals surface area (Å²) in [5, 5.41) is 0. The zero-order chi connectivity index (χ0) is 12.5. The molecule has 0 saturated heterocycles. The zero-order valence-electron chi connectivity index (χ0n) is 9.97. The molecule has 0 unspecified atom stereocenters. The normalized spacial score (nSPS) is 12.3. The molecule has 0 amide bonds. The fraction of sp³-hybridized carbons (Fsp3) is 0.133. The van der Waals surface area contributed by atoms with E-state index in [-0.39, 0.29) is 5.78 Å². The maximum absolute atomic E-state index is 11.7. The Labute approximate surface area is 110 Å². The molecule has 3 heteroatoms. The van der Waals surface area contributed by atoms with Crippen LogP contribution in [-0.2, 0) is 0 Å². The van der Waals surface area contributed by atoms with Gasteiger partial charge in [-0.15, -0.1) is 0 Å². The molecule has 0 bridgehead atoms. The van der Waals surface area contributed by atoms with Gasteiger partial charge in [-0.05, 0) is 30.3 Å². The number of para-hydroxylation sites is 1. The van der Waals surface area contributed by atoms with E-state index >= 15 is 0 Å². The molecule has 3 rings (SSSR count). The van der Waals surface area contributed by atoms with Gasteiger partial charge in [0.05, 0.1) is 9.79 Å². The van der Waals surface area contributed by atoms with Crippen molar-refractivity contribution in [1.82, 2.24) is 0 Å². The number of fused-ring (bicyclic) bond motifs is 2. The van der Waals surface area contributed by atoms with Crippen LogP contribution in [0.4, 0.5) is 0 Å². The second-order valence-corrected chi connectivity index (χ2v) is 5.17. The second kappa shape index (κ2) is 4.50. The number of carbonyl (C=O) groups excluding carboxylic acids is 1. The van der Waals surface area contributed by atoms with Crippen molar-refractivity contribution in [3.8, 4) is 11.5 Å². The van der Waals surface area contributed by atoms with Gasteiger partial charge >= 0.3 is 0 Å². The third-order valence-corrected chi connectivity index (χ3v) is 3.97. The Hall–Kier alpha value is -1.74. The van der Waals surface area contributed by atoms with Gasteiger partial charge in [0.2, 0.25) is 0 Å². The third kappa shape index (κ3) is 1.91. The molecule has 1 aliphatic rings. The quantitative estimate of drug-likeness (QED) is 0.630. The number of hydrogen-bond acceptors (Lipinski definition) is 3. The van der Waals surface area contributed by atoms with E-state index in [0.717, 1.165) is 26.9 Å². The number of Topliss-reactive ketones (excluding diaryl/α,β-unsaturated/α-hetero) is 1. The summed E-state index contributed by atoms with van der Waals surface area (Å²) in [6.07, 6.45) is 0.529. The van der Waals surface area contributed by atoms with Crippen LogP contribution in [0.2, 0.25) is 0 Å². The highest BCUT2D eigenvalue weighted by Crippen LogP contribution is 2.46. The van der Waals surface area contributed by atoms with Crippen LogP contribution in [-0.4, -0.2) is 5.78 Å². The number of rotatable bonds is 2. The number of ether oxygens (including phenoxy) is 1. The highest BCUT2D eigenvalue weighted by Gasteiger charge is 2.18. The van der Waals surface area contributed by atoms with E-state index in [0.29, 0.717) is 6.42 Å². The summed E-state index contributed by atoms with van der Waals surface area (Å²) in [7, 11) is 0. The molecule has 2 aromatic carbocycles. The molecule has 0 aromatic heterocycles. The molecule has 2 nitrogen and oxygen atoms in total. The lowest BCUT2D eigenvalue weighted by Crippen LogP contribution is -2.00. The average Bonchev–Trinajstić information content (AvgIpc) is 2.43. The molecule has 0 aliphatic carbocycles. The van der Waals surface area contributed by atoms with Crippen molar-refractivity contribution in [1.29, 1.82) is 0 Å². The van der Waals surface area contributed by atoms with Gasteiger partial charge in [-0.2, -0.15) is 0 Å². The monoisotopic (exact) mass is 256 g/mol. The van der Waals surface area contributed by atoms with Crippen LogP contribution in [0.25, 0.3) is 0 Å². The summed E-state index contributed by atoms with van der Waals surface area (Å²) in [6, 6.07) is 13.6. The minimum atomic E-state index is 0.164. The van der Waals surface area contributed by atoms with Crippen molar-refractivity contribution < 1.29 is 9.53 Å². The summed E-state index contributed by atoms with van der Waals surface area (Å²) < 4.78 is 5.81. The van der Waals surface area contributed by atoms with Crippen molar-refractivity contribution >= 4 is 17.5 Å². The summed E-state index contributed by atoms with van der Waals surface area (Å²) in [5.41, 5.74) is 0.756. The number of benzene rings is 2. The van der Waals surface area contributed by atoms with Gasteiger partial charge in [-0.25, -0.2) is 0 Å². The zero-order valence-corrected chi connectivity index (χ0v) is 10.8. The van der Waals surface area contributed by atoms with Gasteiger partial charge in [0.1, 0.15) is 11.5 Å². The van der Waals surface area contributed by atoms with Crippen LogP contribution in [0.1, 0.15) is 23.7 Å². The fourth-order valence-corrected chi connectivity index (χ4v) is 2.90. The van der Waals surface area contributed by atoms with E-state index in [9.17, 15) is 4.79 Å². The molecular weight excluding hydrogens is 244 g/mol. The molecule has 0 N–H and O–H groups in total. The molecule has 1 heterocycles. The topological polar surface area (TPSA) is 26.3 Å². The molecule has 0 fully saturated rings. The Bertz CT molecular complexity index is 620. The van der Waals surface area contributed by atoms with E-state index in [4.69, 9.17) is 4.74 Å². The standard InChI is InChI=1S/C15H12O2S/c1-2-11(16)10-7-8-13-15(9-10)18-14-6-4-3-5-12(14)17-13/h3-9H,2H2,1H3. The Balaban J connectivity index is 2.01. The lowest BCUT2D eigenvalue weighted by molar-refractivity contribution is 0.0988. The van der Waals surface area contributed by atoms with E-state index in [1.165, 1.54) is 0 Å².